The maximum Gasteiger partial charge on any atom is 0.187 e. The summed E-state index contributed by atoms with van der Waals surface area (Å²) in [6.07, 6.45) is 0. The van der Waals surface area contributed by atoms with E-state index in [4.69, 9.17) is 0 Å². The van der Waals surface area contributed by atoms with Gasteiger partial charge in [0.2, 0.25) is 0 Å². The van der Waals surface area contributed by atoms with Crippen molar-refractivity contribution >= 4 is 5.78 Å². The minimum Gasteiger partial charge on any atom is -0.303 e. The highest BCUT2D eigenvalue weighted by atomic mass is 19.1. The first-order valence-electron chi connectivity index (χ1n) is 5.87. The van der Waals surface area contributed by atoms with Gasteiger partial charge in [-0.15, -0.1) is 0 Å². The molecule has 2 rings (SSSR count). The SMILES string of the molecule is CN1CCN(C)C(C(=O)c2c(F)cccc2F)C1. The number of Topliss-reactive ketones (excluding diaryl/α,β-unsaturated/α-hetero) is 1. The summed E-state index contributed by atoms with van der Waals surface area (Å²) in [5.41, 5.74) is -0.426. The molecular formula is C13H16F2N2O. The summed E-state index contributed by atoms with van der Waals surface area (Å²) in [4.78, 5) is 16.1. The van der Waals surface area contributed by atoms with Crippen molar-refractivity contribution in [1.29, 1.82) is 0 Å². The van der Waals surface area contributed by atoms with Crippen molar-refractivity contribution in [3.05, 3.63) is 35.4 Å². The summed E-state index contributed by atoms with van der Waals surface area (Å²) in [5, 5.41) is 0. The molecule has 98 valence electrons. The van der Waals surface area contributed by atoms with Gasteiger partial charge in [-0.05, 0) is 26.2 Å². The van der Waals surface area contributed by atoms with Crippen LogP contribution in [-0.4, -0.2) is 55.4 Å². The first-order chi connectivity index (χ1) is 8.50. The van der Waals surface area contributed by atoms with Crippen molar-refractivity contribution in [2.24, 2.45) is 0 Å². The number of hydrogen-bond donors (Lipinski definition) is 0. The first-order valence-corrected chi connectivity index (χ1v) is 5.87. The second kappa shape index (κ2) is 5.12. The van der Waals surface area contributed by atoms with Crippen molar-refractivity contribution in [3.63, 3.8) is 0 Å². The molecule has 1 aromatic carbocycles. The van der Waals surface area contributed by atoms with E-state index >= 15 is 0 Å². The van der Waals surface area contributed by atoms with Crippen molar-refractivity contribution in [2.45, 2.75) is 6.04 Å². The Bertz CT molecular complexity index is 444. The fourth-order valence-electron chi connectivity index (χ4n) is 2.19. The zero-order chi connectivity index (χ0) is 13.3. The van der Waals surface area contributed by atoms with E-state index in [0.29, 0.717) is 13.1 Å². The molecule has 0 aliphatic carbocycles. The van der Waals surface area contributed by atoms with Crippen LogP contribution in [0, 0.1) is 11.6 Å². The summed E-state index contributed by atoms with van der Waals surface area (Å²) in [7, 11) is 3.69. The van der Waals surface area contributed by atoms with Crippen molar-refractivity contribution in [1.82, 2.24) is 9.80 Å². The fourth-order valence-corrected chi connectivity index (χ4v) is 2.19. The van der Waals surface area contributed by atoms with Crippen LogP contribution in [0.25, 0.3) is 0 Å². The van der Waals surface area contributed by atoms with Crippen LogP contribution in [0.3, 0.4) is 0 Å². The van der Waals surface area contributed by atoms with Crippen LogP contribution in [0.4, 0.5) is 8.78 Å². The van der Waals surface area contributed by atoms with Crippen LogP contribution in [0.5, 0.6) is 0 Å². The van der Waals surface area contributed by atoms with Gasteiger partial charge in [-0.2, -0.15) is 0 Å². The second-order valence-electron chi connectivity index (χ2n) is 4.72. The maximum absolute atomic E-state index is 13.6. The van der Waals surface area contributed by atoms with Gasteiger partial charge in [0.05, 0.1) is 11.6 Å². The lowest BCUT2D eigenvalue weighted by Gasteiger charge is -2.36. The number of likely N-dealkylation sites (N-methyl/N-ethyl adjacent to an activating group) is 2. The Kier molecular flexibility index (Phi) is 3.73. The van der Waals surface area contributed by atoms with Crippen LogP contribution >= 0.6 is 0 Å². The second-order valence-corrected chi connectivity index (χ2v) is 4.72. The largest absolute Gasteiger partial charge is 0.303 e. The molecule has 18 heavy (non-hydrogen) atoms. The number of halogens is 2. The van der Waals surface area contributed by atoms with Crippen LogP contribution in [0.1, 0.15) is 10.4 Å². The van der Waals surface area contributed by atoms with Crippen LogP contribution in [0.2, 0.25) is 0 Å². The monoisotopic (exact) mass is 254 g/mol. The van der Waals surface area contributed by atoms with Gasteiger partial charge in [-0.1, -0.05) is 6.07 Å². The highest BCUT2D eigenvalue weighted by Crippen LogP contribution is 2.18. The molecule has 5 heteroatoms. The van der Waals surface area contributed by atoms with Gasteiger partial charge < -0.3 is 4.90 Å². The molecule has 1 heterocycles. The third-order valence-corrected chi connectivity index (χ3v) is 3.36. The summed E-state index contributed by atoms with van der Waals surface area (Å²) in [6, 6.07) is 3.00. The summed E-state index contributed by atoms with van der Waals surface area (Å²) >= 11 is 0. The standard InChI is InChI=1S/C13H16F2N2O/c1-16-6-7-17(2)11(8-16)13(18)12-9(14)4-3-5-10(12)15/h3-5,11H,6-8H2,1-2H3. The average molecular weight is 254 g/mol. The summed E-state index contributed by atoms with van der Waals surface area (Å²) < 4.78 is 27.2. The molecule has 1 aliphatic heterocycles. The topological polar surface area (TPSA) is 23.6 Å². The van der Waals surface area contributed by atoms with E-state index in [2.05, 4.69) is 0 Å². The number of ketones is 1. The third kappa shape index (κ3) is 2.42. The van der Waals surface area contributed by atoms with Gasteiger partial charge in [0.15, 0.2) is 5.78 Å². The lowest BCUT2D eigenvalue weighted by atomic mass is 10.00. The Morgan fingerprint density at radius 3 is 2.44 bits per heavy atom. The predicted octanol–water partition coefficient (Wildman–Crippen LogP) is 1.39. The number of hydrogen-bond acceptors (Lipinski definition) is 3. The van der Waals surface area contributed by atoms with Crippen LogP contribution in [-0.2, 0) is 0 Å². The normalized spacial score (nSPS) is 22.1. The number of benzene rings is 1. The Balaban J connectivity index is 2.30. The number of rotatable bonds is 2. The van der Waals surface area contributed by atoms with E-state index in [1.54, 1.807) is 7.05 Å². The molecule has 0 saturated carbocycles. The number of piperazine rings is 1. The molecule has 0 amide bonds. The minimum atomic E-state index is -0.790. The molecule has 1 aliphatic rings. The molecule has 3 nitrogen and oxygen atoms in total. The zero-order valence-electron chi connectivity index (χ0n) is 10.5. The van der Waals surface area contributed by atoms with E-state index in [0.717, 1.165) is 18.7 Å². The molecule has 1 fully saturated rings. The van der Waals surface area contributed by atoms with Gasteiger partial charge >= 0.3 is 0 Å². The predicted molar refractivity (Wildman–Crippen MR) is 64.6 cm³/mol. The average Bonchev–Trinajstić information content (AvgIpc) is 2.32. The van der Waals surface area contributed by atoms with E-state index in [-0.39, 0.29) is 0 Å². The molecule has 1 atom stereocenters. The van der Waals surface area contributed by atoms with Crippen molar-refractivity contribution in [3.8, 4) is 0 Å². The number of nitrogens with zero attached hydrogens (tertiary/aromatic N) is 2. The van der Waals surface area contributed by atoms with E-state index in [1.165, 1.54) is 6.07 Å². The van der Waals surface area contributed by atoms with Gasteiger partial charge in [0.25, 0.3) is 0 Å². The molecule has 0 bridgehead atoms. The van der Waals surface area contributed by atoms with Gasteiger partial charge in [0, 0.05) is 19.6 Å². The number of carbonyl (C=O) groups excluding carboxylic acids is 1. The molecular weight excluding hydrogens is 238 g/mol. The van der Waals surface area contributed by atoms with E-state index in [9.17, 15) is 13.6 Å². The van der Waals surface area contributed by atoms with Crippen LogP contribution < -0.4 is 0 Å². The molecule has 0 N–H and O–H groups in total. The smallest absolute Gasteiger partial charge is 0.187 e. The highest BCUT2D eigenvalue weighted by molar-refractivity contribution is 6.00. The summed E-state index contributed by atoms with van der Waals surface area (Å²) in [5.74, 6) is -2.07. The number of carbonyl (C=O) groups is 1. The maximum atomic E-state index is 13.6. The van der Waals surface area contributed by atoms with Gasteiger partial charge in [-0.25, -0.2) is 8.78 Å². The Hall–Kier alpha value is -1.33. The molecule has 1 unspecified atom stereocenters. The fraction of sp³-hybridized carbons (Fsp3) is 0.462. The Labute approximate surface area is 105 Å². The van der Waals surface area contributed by atoms with E-state index in [1.807, 2.05) is 16.8 Å². The van der Waals surface area contributed by atoms with Gasteiger partial charge in [-0.3, -0.25) is 9.69 Å². The molecule has 1 saturated heterocycles. The zero-order valence-corrected chi connectivity index (χ0v) is 10.5. The lowest BCUT2D eigenvalue weighted by Crippen LogP contribution is -2.53. The quantitative estimate of drug-likeness (QED) is 0.745. The van der Waals surface area contributed by atoms with E-state index < -0.39 is 29.0 Å². The molecule has 0 spiro atoms. The van der Waals surface area contributed by atoms with Crippen molar-refractivity contribution < 1.29 is 13.6 Å². The molecule has 1 aromatic rings. The minimum absolute atomic E-state index is 0.426. The summed E-state index contributed by atoms with van der Waals surface area (Å²) in [6.45, 7) is 2.05. The highest BCUT2D eigenvalue weighted by Gasteiger charge is 2.32. The van der Waals surface area contributed by atoms with Crippen molar-refractivity contribution in [2.75, 3.05) is 33.7 Å². The molecule has 0 radical (unpaired) electrons. The molecule has 0 aromatic heterocycles. The van der Waals surface area contributed by atoms with Gasteiger partial charge in [0.1, 0.15) is 11.6 Å². The third-order valence-electron chi connectivity index (χ3n) is 3.36. The Morgan fingerprint density at radius 2 is 1.83 bits per heavy atom. The van der Waals surface area contributed by atoms with Crippen LogP contribution in [0.15, 0.2) is 18.2 Å². The first kappa shape index (κ1) is 13.1. The lowest BCUT2D eigenvalue weighted by molar-refractivity contribution is 0.0678. The Morgan fingerprint density at radius 1 is 1.22 bits per heavy atom.